The number of carbonyl (C=O) groups is 2. The summed E-state index contributed by atoms with van der Waals surface area (Å²) in [5, 5.41) is 2.83. The predicted octanol–water partition coefficient (Wildman–Crippen LogP) is 4.65. The molecule has 0 fully saturated rings. The highest BCUT2D eigenvalue weighted by Gasteiger charge is 2.18. The minimum Gasteiger partial charge on any atom is -0.493 e. The van der Waals surface area contributed by atoms with Crippen LogP contribution in [0.25, 0.3) is 11.5 Å². The summed E-state index contributed by atoms with van der Waals surface area (Å²) in [6, 6.07) is 5.35. The van der Waals surface area contributed by atoms with Crippen molar-refractivity contribution in [2.45, 2.75) is 65.2 Å². The minimum atomic E-state index is -0.236. The van der Waals surface area contributed by atoms with Crippen molar-refractivity contribution < 1.29 is 23.5 Å². The highest BCUT2D eigenvalue weighted by Crippen LogP contribution is 2.32. The van der Waals surface area contributed by atoms with Gasteiger partial charge in [0, 0.05) is 12.1 Å². The van der Waals surface area contributed by atoms with E-state index >= 15 is 0 Å². The van der Waals surface area contributed by atoms with Gasteiger partial charge in [-0.2, -0.15) is 0 Å². The third-order valence-electron chi connectivity index (χ3n) is 5.10. The molecule has 7 heteroatoms. The Balaban J connectivity index is 1.85. The molecule has 2 aromatic rings. The van der Waals surface area contributed by atoms with E-state index in [9.17, 15) is 9.59 Å². The third kappa shape index (κ3) is 7.74. The molecule has 2 rings (SSSR count). The first-order chi connectivity index (χ1) is 15.0. The lowest BCUT2D eigenvalue weighted by Crippen LogP contribution is -2.27. The predicted molar refractivity (Wildman–Crippen MR) is 119 cm³/mol. The molecule has 170 valence electrons. The Morgan fingerprint density at radius 3 is 2.45 bits per heavy atom. The van der Waals surface area contributed by atoms with Gasteiger partial charge in [0.25, 0.3) is 0 Å². The summed E-state index contributed by atoms with van der Waals surface area (Å²) >= 11 is 0. The summed E-state index contributed by atoms with van der Waals surface area (Å²) in [5.41, 5.74) is 1.26. The van der Waals surface area contributed by atoms with E-state index in [0.717, 1.165) is 18.4 Å². The van der Waals surface area contributed by atoms with Crippen molar-refractivity contribution in [1.82, 2.24) is 10.3 Å². The number of benzene rings is 1. The molecule has 0 unspecified atom stereocenters. The molecule has 7 nitrogen and oxygen atoms in total. The van der Waals surface area contributed by atoms with Gasteiger partial charge in [-0.25, -0.2) is 4.98 Å². The maximum atomic E-state index is 12.3. The summed E-state index contributed by atoms with van der Waals surface area (Å²) in [5.74, 6) is 1.71. The molecular formula is C24H34N2O5. The average molecular weight is 431 g/mol. The summed E-state index contributed by atoms with van der Waals surface area (Å²) in [4.78, 5) is 28.8. The van der Waals surface area contributed by atoms with Crippen molar-refractivity contribution in [1.29, 1.82) is 0 Å². The number of nitrogens with one attached hydrogen (secondary N) is 1. The van der Waals surface area contributed by atoms with Crippen LogP contribution in [-0.2, 0) is 16.0 Å². The van der Waals surface area contributed by atoms with E-state index in [1.807, 2.05) is 6.07 Å². The number of amides is 1. The smallest absolute Gasteiger partial charge is 0.227 e. The number of ether oxygens (including phenoxy) is 2. The number of carbonyl (C=O) groups excluding carboxylic acids is 2. The largest absolute Gasteiger partial charge is 0.493 e. The molecule has 31 heavy (non-hydrogen) atoms. The second-order valence-corrected chi connectivity index (χ2v) is 7.60. The van der Waals surface area contributed by atoms with Crippen LogP contribution in [0.1, 0.15) is 63.3 Å². The number of aromatic nitrogens is 1. The molecule has 0 spiro atoms. The summed E-state index contributed by atoms with van der Waals surface area (Å²) in [6.07, 6.45) is 6.88. The zero-order chi connectivity index (χ0) is 22.6. The second-order valence-electron chi connectivity index (χ2n) is 7.60. The van der Waals surface area contributed by atoms with E-state index in [2.05, 4.69) is 17.2 Å². The van der Waals surface area contributed by atoms with Crippen molar-refractivity contribution in [3.8, 4) is 23.0 Å². The maximum absolute atomic E-state index is 12.3. The van der Waals surface area contributed by atoms with E-state index < -0.39 is 0 Å². The van der Waals surface area contributed by atoms with Crippen molar-refractivity contribution >= 4 is 11.7 Å². The van der Waals surface area contributed by atoms with E-state index in [-0.39, 0.29) is 24.5 Å². The number of hydrogen-bond donors (Lipinski definition) is 1. The average Bonchev–Trinajstić information content (AvgIpc) is 3.12. The van der Waals surface area contributed by atoms with Crippen molar-refractivity contribution in [3.05, 3.63) is 29.7 Å². The SMILES string of the molecule is CCCCCCCCNC(=O)CC(=O)Cc1nc(-c2ccc(OC)c(OC)c2)oc1C. The topological polar surface area (TPSA) is 90.7 Å². The Kier molecular flexibility index (Phi) is 10.1. The summed E-state index contributed by atoms with van der Waals surface area (Å²) in [6.45, 7) is 4.57. The molecule has 1 aromatic carbocycles. The van der Waals surface area contributed by atoms with Crippen LogP contribution in [0.4, 0.5) is 0 Å². The Hall–Kier alpha value is -2.83. The Morgan fingerprint density at radius 2 is 1.74 bits per heavy atom. The molecule has 0 aliphatic heterocycles. The molecule has 0 atom stereocenters. The normalized spacial score (nSPS) is 10.7. The Bertz CT molecular complexity index is 860. The Morgan fingerprint density at radius 1 is 1.03 bits per heavy atom. The van der Waals surface area contributed by atoms with Crippen LogP contribution < -0.4 is 14.8 Å². The van der Waals surface area contributed by atoms with Crippen LogP contribution in [-0.4, -0.2) is 37.4 Å². The number of nitrogens with zero attached hydrogens (tertiary/aromatic N) is 1. The van der Waals surface area contributed by atoms with Gasteiger partial charge in [0.2, 0.25) is 11.8 Å². The number of oxazole rings is 1. The number of hydrogen-bond acceptors (Lipinski definition) is 6. The molecule has 0 radical (unpaired) electrons. The van der Waals surface area contributed by atoms with Crippen LogP contribution in [0.3, 0.4) is 0 Å². The van der Waals surface area contributed by atoms with Crippen LogP contribution >= 0.6 is 0 Å². The van der Waals surface area contributed by atoms with Gasteiger partial charge in [0.1, 0.15) is 11.5 Å². The van der Waals surface area contributed by atoms with Crippen LogP contribution in [0, 0.1) is 6.92 Å². The van der Waals surface area contributed by atoms with Gasteiger partial charge in [-0.1, -0.05) is 39.0 Å². The first kappa shape index (κ1) is 24.4. The van der Waals surface area contributed by atoms with Crippen LogP contribution in [0.5, 0.6) is 11.5 Å². The van der Waals surface area contributed by atoms with E-state index in [1.54, 1.807) is 33.3 Å². The monoisotopic (exact) mass is 430 g/mol. The van der Waals surface area contributed by atoms with Gasteiger partial charge < -0.3 is 19.2 Å². The quantitative estimate of drug-likeness (QED) is 0.347. The zero-order valence-corrected chi connectivity index (χ0v) is 19.1. The molecular weight excluding hydrogens is 396 g/mol. The highest BCUT2D eigenvalue weighted by molar-refractivity contribution is 5.98. The van der Waals surface area contributed by atoms with Crippen molar-refractivity contribution in [2.24, 2.45) is 0 Å². The highest BCUT2D eigenvalue weighted by atomic mass is 16.5. The maximum Gasteiger partial charge on any atom is 0.227 e. The third-order valence-corrected chi connectivity index (χ3v) is 5.10. The lowest BCUT2D eigenvalue weighted by atomic mass is 10.1. The Labute approximate surface area is 184 Å². The zero-order valence-electron chi connectivity index (χ0n) is 19.1. The van der Waals surface area contributed by atoms with Gasteiger partial charge in [-0.05, 0) is 31.5 Å². The fourth-order valence-corrected chi connectivity index (χ4v) is 3.31. The minimum absolute atomic E-state index is 0.0626. The molecule has 1 amide bonds. The van der Waals surface area contributed by atoms with Crippen molar-refractivity contribution in [3.63, 3.8) is 0 Å². The molecule has 1 N–H and O–H groups in total. The first-order valence-electron chi connectivity index (χ1n) is 11.0. The number of rotatable bonds is 14. The number of methoxy groups -OCH3 is 2. The number of unbranched alkanes of at least 4 members (excludes halogenated alkanes) is 5. The molecule has 0 aliphatic carbocycles. The number of ketones is 1. The molecule has 0 bridgehead atoms. The standard InChI is InChI=1S/C24H34N2O5/c1-5-6-7-8-9-10-13-25-23(28)16-19(27)15-20-17(2)31-24(26-20)18-11-12-21(29-3)22(14-18)30-4/h11-12,14H,5-10,13,15-16H2,1-4H3,(H,25,28). The summed E-state index contributed by atoms with van der Waals surface area (Å²) < 4.78 is 16.3. The fourth-order valence-electron chi connectivity index (χ4n) is 3.31. The first-order valence-corrected chi connectivity index (χ1v) is 11.0. The van der Waals surface area contributed by atoms with Gasteiger partial charge in [-0.15, -0.1) is 0 Å². The van der Waals surface area contributed by atoms with Crippen molar-refractivity contribution in [2.75, 3.05) is 20.8 Å². The summed E-state index contributed by atoms with van der Waals surface area (Å²) in [7, 11) is 3.13. The molecule has 0 saturated heterocycles. The second kappa shape index (κ2) is 12.8. The van der Waals surface area contributed by atoms with E-state index in [0.29, 0.717) is 35.4 Å². The lowest BCUT2D eigenvalue weighted by Gasteiger charge is -2.07. The molecule has 0 aliphatic rings. The van der Waals surface area contributed by atoms with Gasteiger partial charge >= 0.3 is 0 Å². The number of Topliss-reactive ketones (excluding diaryl/α,β-unsaturated/α-hetero) is 1. The van der Waals surface area contributed by atoms with Crippen LogP contribution in [0.15, 0.2) is 22.6 Å². The van der Waals surface area contributed by atoms with E-state index in [4.69, 9.17) is 13.9 Å². The van der Waals surface area contributed by atoms with E-state index in [1.165, 1.54) is 25.7 Å². The van der Waals surface area contributed by atoms with Crippen LogP contribution in [0.2, 0.25) is 0 Å². The molecule has 1 heterocycles. The number of aryl methyl sites for hydroxylation is 1. The fraction of sp³-hybridized carbons (Fsp3) is 0.542. The lowest BCUT2D eigenvalue weighted by molar-refractivity contribution is -0.127. The van der Waals surface area contributed by atoms with Gasteiger partial charge in [-0.3, -0.25) is 9.59 Å². The molecule has 1 aromatic heterocycles. The van der Waals surface area contributed by atoms with Gasteiger partial charge in [0.05, 0.1) is 32.8 Å². The molecule has 0 saturated carbocycles. The van der Waals surface area contributed by atoms with Gasteiger partial charge in [0.15, 0.2) is 11.5 Å².